The van der Waals surface area contributed by atoms with Crippen LogP contribution in [0.3, 0.4) is 0 Å². The average Bonchev–Trinajstić information content (AvgIpc) is 3.27. The molecule has 0 bridgehead atoms. The lowest BCUT2D eigenvalue weighted by molar-refractivity contribution is 0.0981. The Kier molecular flexibility index (Phi) is 9.22. The minimum Gasteiger partial charge on any atom is -0.369 e. The van der Waals surface area contributed by atoms with Crippen LogP contribution in [-0.4, -0.2) is 61.1 Å². The molecule has 0 aliphatic carbocycles. The summed E-state index contributed by atoms with van der Waals surface area (Å²) in [7, 11) is -4.10. The lowest BCUT2D eigenvalue weighted by atomic mass is 9.99. The van der Waals surface area contributed by atoms with E-state index in [0.29, 0.717) is 23.8 Å². The Balaban J connectivity index is 1.19. The summed E-state index contributed by atoms with van der Waals surface area (Å²) in [5.41, 5.74) is 5.65. The number of aromatic nitrogens is 2. The first-order valence-corrected chi connectivity index (χ1v) is 16.1. The Bertz CT molecular complexity index is 1660. The number of piperazine rings is 1. The van der Waals surface area contributed by atoms with Gasteiger partial charge in [0.05, 0.1) is 17.9 Å². The molecule has 1 aromatic heterocycles. The molecule has 220 valence electrons. The SMILES string of the molecule is Cc1nn(CCCl)c(C)c1S(=O)(=O)NC(=O)c1ccc(N2CCN(Cc3ccccc3-c3ccc(Cl)cc3)CC2)cc1. The average molecular weight is 627 g/mol. The van der Waals surface area contributed by atoms with Crippen molar-refractivity contribution in [3.05, 3.63) is 100 Å². The third-order valence-corrected chi connectivity index (χ3v) is 9.54. The second-order valence-electron chi connectivity index (χ2n) is 10.3. The van der Waals surface area contributed by atoms with Crippen LogP contribution in [0.25, 0.3) is 11.1 Å². The highest BCUT2D eigenvalue weighted by atomic mass is 35.5. The molecule has 3 aromatic carbocycles. The summed E-state index contributed by atoms with van der Waals surface area (Å²) < 4.78 is 29.8. The van der Waals surface area contributed by atoms with Gasteiger partial charge in [-0.3, -0.25) is 14.4 Å². The summed E-state index contributed by atoms with van der Waals surface area (Å²) in [6.07, 6.45) is 0. The maximum atomic E-state index is 13.0. The summed E-state index contributed by atoms with van der Waals surface area (Å²) in [6.45, 7) is 7.95. The molecular formula is C31H33Cl2N5O3S. The lowest BCUT2D eigenvalue weighted by Crippen LogP contribution is -2.46. The number of rotatable bonds is 9. The molecule has 1 amide bonds. The van der Waals surface area contributed by atoms with Crippen molar-refractivity contribution in [3.8, 4) is 11.1 Å². The largest absolute Gasteiger partial charge is 0.369 e. The Hall–Kier alpha value is -3.37. The van der Waals surface area contributed by atoms with Crippen LogP contribution in [0.4, 0.5) is 5.69 Å². The van der Waals surface area contributed by atoms with Gasteiger partial charge >= 0.3 is 0 Å². The van der Waals surface area contributed by atoms with E-state index in [1.165, 1.54) is 15.8 Å². The van der Waals surface area contributed by atoms with E-state index in [0.717, 1.165) is 49.0 Å². The van der Waals surface area contributed by atoms with Crippen molar-refractivity contribution >= 4 is 44.8 Å². The van der Waals surface area contributed by atoms with Crippen molar-refractivity contribution < 1.29 is 13.2 Å². The molecule has 1 aliphatic heterocycles. The predicted octanol–water partition coefficient (Wildman–Crippen LogP) is 5.50. The molecule has 42 heavy (non-hydrogen) atoms. The highest BCUT2D eigenvalue weighted by Crippen LogP contribution is 2.27. The van der Waals surface area contributed by atoms with Gasteiger partial charge in [-0.15, -0.1) is 11.6 Å². The van der Waals surface area contributed by atoms with E-state index in [9.17, 15) is 13.2 Å². The molecule has 8 nitrogen and oxygen atoms in total. The highest BCUT2D eigenvalue weighted by Gasteiger charge is 2.27. The standard InChI is InChI=1S/C31H33Cl2N5O3S/c1-22-30(23(2)38(34-22)16-15-32)42(40,41)35-31(39)25-9-13-28(14-10-25)37-19-17-36(18-20-37)21-26-5-3-4-6-29(26)24-7-11-27(33)12-8-24/h3-14H,15-21H2,1-2H3,(H,35,39). The molecule has 11 heteroatoms. The molecule has 0 unspecified atom stereocenters. The maximum Gasteiger partial charge on any atom is 0.267 e. The number of benzene rings is 3. The summed E-state index contributed by atoms with van der Waals surface area (Å²) in [5, 5.41) is 4.97. The maximum absolute atomic E-state index is 13.0. The molecule has 0 saturated carbocycles. The number of aryl methyl sites for hydroxylation is 2. The van der Waals surface area contributed by atoms with E-state index in [1.807, 2.05) is 24.3 Å². The van der Waals surface area contributed by atoms with Gasteiger partial charge in [0.25, 0.3) is 15.9 Å². The Morgan fingerprint density at radius 2 is 1.60 bits per heavy atom. The van der Waals surface area contributed by atoms with Crippen LogP contribution >= 0.6 is 23.2 Å². The Morgan fingerprint density at radius 1 is 0.929 bits per heavy atom. The molecule has 0 radical (unpaired) electrons. The van der Waals surface area contributed by atoms with E-state index >= 15 is 0 Å². The third-order valence-electron chi connectivity index (χ3n) is 7.54. The molecule has 1 N–H and O–H groups in total. The predicted molar refractivity (Wildman–Crippen MR) is 168 cm³/mol. The Labute approximate surface area is 256 Å². The fraction of sp³-hybridized carbons (Fsp3) is 0.290. The van der Waals surface area contributed by atoms with Crippen LogP contribution in [-0.2, 0) is 23.1 Å². The van der Waals surface area contributed by atoms with Crippen LogP contribution < -0.4 is 9.62 Å². The zero-order chi connectivity index (χ0) is 29.9. The van der Waals surface area contributed by atoms with Gasteiger partial charge in [-0.25, -0.2) is 13.1 Å². The van der Waals surface area contributed by atoms with Crippen LogP contribution in [0.1, 0.15) is 27.3 Å². The topological polar surface area (TPSA) is 87.5 Å². The molecule has 1 aliphatic rings. The molecular weight excluding hydrogens is 593 g/mol. The number of nitrogens with one attached hydrogen (secondary N) is 1. The van der Waals surface area contributed by atoms with Crippen molar-refractivity contribution in [2.75, 3.05) is 37.0 Å². The number of carbonyl (C=O) groups excluding carboxylic acids is 1. The molecule has 1 saturated heterocycles. The molecule has 4 aromatic rings. The Morgan fingerprint density at radius 3 is 2.26 bits per heavy atom. The van der Waals surface area contributed by atoms with Crippen molar-refractivity contribution in [1.82, 2.24) is 19.4 Å². The molecule has 0 spiro atoms. The molecule has 1 fully saturated rings. The minimum absolute atomic E-state index is 0.00578. The van der Waals surface area contributed by atoms with Crippen molar-refractivity contribution in [3.63, 3.8) is 0 Å². The summed E-state index contributed by atoms with van der Waals surface area (Å²) in [5.74, 6) is -0.386. The van der Waals surface area contributed by atoms with E-state index in [1.54, 1.807) is 26.0 Å². The smallest absolute Gasteiger partial charge is 0.267 e. The van der Waals surface area contributed by atoms with Crippen LogP contribution in [0.5, 0.6) is 0 Å². The van der Waals surface area contributed by atoms with Crippen molar-refractivity contribution in [2.45, 2.75) is 31.8 Å². The van der Waals surface area contributed by atoms with Gasteiger partial charge in [0.2, 0.25) is 0 Å². The zero-order valence-corrected chi connectivity index (χ0v) is 25.9. The van der Waals surface area contributed by atoms with Gasteiger partial charge in [-0.05, 0) is 66.9 Å². The number of carbonyl (C=O) groups is 1. The third kappa shape index (κ3) is 6.65. The lowest BCUT2D eigenvalue weighted by Gasteiger charge is -2.36. The zero-order valence-electron chi connectivity index (χ0n) is 23.6. The quantitative estimate of drug-likeness (QED) is 0.247. The van der Waals surface area contributed by atoms with E-state index in [2.05, 4.69) is 56.0 Å². The number of sulfonamides is 1. The van der Waals surface area contributed by atoms with Crippen LogP contribution in [0, 0.1) is 13.8 Å². The number of hydrogen-bond donors (Lipinski definition) is 1. The van der Waals surface area contributed by atoms with Gasteiger partial charge < -0.3 is 4.90 Å². The second-order valence-corrected chi connectivity index (χ2v) is 12.8. The fourth-order valence-corrected chi connectivity index (χ4v) is 7.07. The summed E-state index contributed by atoms with van der Waals surface area (Å²) >= 11 is 11.9. The summed E-state index contributed by atoms with van der Waals surface area (Å²) in [6, 6.07) is 23.4. The van der Waals surface area contributed by atoms with Gasteiger partial charge in [-0.1, -0.05) is 48.0 Å². The molecule has 5 rings (SSSR count). The molecule has 0 atom stereocenters. The van der Waals surface area contributed by atoms with Gasteiger partial charge in [0.1, 0.15) is 4.90 Å². The normalized spacial score (nSPS) is 14.2. The highest BCUT2D eigenvalue weighted by molar-refractivity contribution is 7.90. The van der Waals surface area contributed by atoms with E-state index in [4.69, 9.17) is 23.2 Å². The number of amides is 1. The van der Waals surface area contributed by atoms with Crippen molar-refractivity contribution in [2.24, 2.45) is 0 Å². The first-order chi connectivity index (χ1) is 20.2. The number of halogens is 2. The monoisotopic (exact) mass is 625 g/mol. The molecule has 2 heterocycles. The van der Waals surface area contributed by atoms with Gasteiger partial charge in [0.15, 0.2) is 0 Å². The van der Waals surface area contributed by atoms with Gasteiger partial charge in [-0.2, -0.15) is 5.10 Å². The number of anilines is 1. The van der Waals surface area contributed by atoms with E-state index in [-0.39, 0.29) is 10.5 Å². The fourth-order valence-electron chi connectivity index (χ4n) is 5.40. The number of nitrogens with zero attached hydrogens (tertiary/aromatic N) is 4. The van der Waals surface area contributed by atoms with Crippen LogP contribution in [0.15, 0.2) is 77.7 Å². The van der Waals surface area contributed by atoms with Crippen LogP contribution in [0.2, 0.25) is 5.02 Å². The number of hydrogen-bond acceptors (Lipinski definition) is 6. The van der Waals surface area contributed by atoms with Crippen molar-refractivity contribution in [1.29, 1.82) is 0 Å². The number of alkyl halides is 1. The minimum atomic E-state index is -4.10. The van der Waals surface area contributed by atoms with E-state index < -0.39 is 15.9 Å². The van der Waals surface area contributed by atoms with Gasteiger partial charge in [0, 0.05) is 54.9 Å². The second kappa shape index (κ2) is 12.9. The summed E-state index contributed by atoms with van der Waals surface area (Å²) in [4.78, 5) is 17.6. The first-order valence-electron chi connectivity index (χ1n) is 13.7. The first kappa shape index (κ1) is 30.1.